The Bertz CT molecular complexity index is 917. The van der Waals surface area contributed by atoms with Crippen molar-refractivity contribution in [2.24, 2.45) is 0 Å². The summed E-state index contributed by atoms with van der Waals surface area (Å²) < 4.78 is 2.45. The molecule has 0 aliphatic heterocycles. The molecule has 124 valence electrons. The van der Waals surface area contributed by atoms with Gasteiger partial charge in [-0.2, -0.15) is 0 Å². The highest BCUT2D eigenvalue weighted by atomic mass is 32.1. The van der Waals surface area contributed by atoms with Gasteiger partial charge in [0.2, 0.25) is 0 Å². The van der Waals surface area contributed by atoms with Crippen LogP contribution in [0.1, 0.15) is 18.0 Å². The molecular formula is C16H16N4O3S. The summed E-state index contributed by atoms with van der Waals surface area (Å²) in [7, 11) is 1.86. The molecule has 0 bridgehead atoms. The van der Waals surface area contributed by atoms with Crippen molar-refractivity contribution in [3.8, 4) is 0 Å². The maximum Gasteiger partial charge on any atom is 0.285 e. The fourth-order valence-corrected chi connectivity index (χ4v) is 3.44. The predicted octanol–water partition coefficient (Wildman–Crippen LogP) is 3.02. The third-order valence-electron chi connectivity index (χ3n) is 3.88. The molecule has 8 heteroatoms. The molecule has 0 saturated heterocycles. The molecule has 0 amide bonds. The Morgan fingerprint density at radius 2 is 2.08 bits per heavy atom. The highest BCUT2D eigenvalue weighted by Crippen LogP contribution is 2.28. The van der Waals surface area contributed by atoms with Crippen LogP contribution < -0.4 is 5.56 Å². The SMILES string of the molecule is C[C@@H](c1nc2ccccc2s1)N(C)Cn1cc([N+](=O)[O-])ccc1=O. The Morgan fingerprint density at radius 1 is 1.33 bits per heavy atom. The molecule has 0 fully saturated rings. The summed E-state index contributed by atoms with van der Waals surface area (Å²) in [4.78, 5) is 28.9. The fourth-order valence-electron chi connectivity index (χ4n) is 2.36. The number of rotatable bonds is 5. The minimum absolute atomic E-state index is 0.0198. The standard InChI is InChI=1S/C16H16N4O3S/c1-11(16-17-13-5-3-4-6-14(13)24-16)18(2)10-19-9-12(20(22)23)7-8-15(19)21/h3-9,11H,10H2,1-2H3/t11-/m0/s1. The van der Waals surface area contributed by atoms with E-state index < -0.39 is 4.92 Å². The van der Waals surface area contributed by atoms with E-state index in [-0.39, 0.29) is 24.0 Å². The minimum Gasteiger partial charge on any atom is -0.295 e. The Kier molecular flexibility index (Phi) is 4.41. The van der Waals surface area contributed by atoms with Gasteiger partial charge in [-0.05, 0) is 26.1 Å². The van der Waals surface area contributed by atoms with Crippen LogP contribution in [0, 0.1) is 10.1 Å². The Hall–Kier alpha value is -2.58. The van der Waals surface area contributed by atoms with E-state index in [4.69, 9.17) is 0 Å². The number of benzene rings is 1. The van der Waals surface area contributed by atoms with Gasteiger partial charge in [-0.1, -0.05) is 12.1 Å². The second-order valence-electron chi connectivity index (χ2n) is 5.55. The molecule has 0 aliphatic carbocycles. The molecule has 1 atom stereocenters. The average molecular weight is 344 g/mol. The van der Waals surface area contributed by atoms with Crippen molar-refractivity contribution in [1.82, 2.24) is 14.5 Å². The summed E-state index contributed by atoms with van der Waals surface area (Å²) >= 11 is 1.61. The maximum atomic E-state index is 11.9. The lowest BCUT2D eigenvalue weighted by Crippen LogP contribution is -2.31. The van der Waals surface area contributed by atoms with Crippen molar-refractivity contribution in [3.63, 3.8) is 0 Å². The molecule has 0 unspecified atom stereocenters. The van der Waals surface area contributed by atoms with E-state index >= 15 is 0 Å². The molecule has 0 saturated carbocycles. The number of hydrogen-bond acceptors (Lipinski definition) is 6. The smallest absolute Gasteiger partial charge is 0.285 e. The number of aromatic nitrogens is 2. The lowest BCUT2D eigenvalue weighted by Gasteiger charge is -2.23. The molecule has 2 heterocycles. The van der Waals surface area contributed by atoms with Crippen molar-refractivity contribution in [1.29, 1.82) is 0 Å². The summed E-state index contributed by atoms with van der Waals surface area (Å²) in [6.07, 6.45) is 1.27. The van der Waals surface area contributed by atoms with Gasteiger partial charge in [-0.25, -0.2) is 4.98 Å². The topological polar surface area (TPSA) is 81.3 Å². The first kappa shape index (κ1) is 16.3. The second kappa shape index (κ2) is 6.50. The number of pyridine rings is 1. The van der Waals surface area contributed by atoms with Crippen LogP contribution in [0.5, 0.6) is 0 Å². The van der Waals surface area contributed by atoms with Crippen LogP contribution in [0.4, 0.5) is 5.69 Å². The third kappa shape index (κ3) is 3.19. The average Bonchev–Trinajstić information content (AvgIpc) is 2.99. The van der Waals surface area contributed by atoms with Gasteiger partial charge in [-0.15, -0.1) is 11.3 Å². The van der Waals surface area contributed by atoms with Crippen LogP contribution in [-0.4, -0.2) is 26.4 Å². The molecule has 3 aromatic rings. The van der Waals surface area contributed by atoms with E-state index in [1.807, 2.05) is 43.1 Å². The van der Waals surface area contributed by atoms with Crippen LogP contribution >= 0.6 is 11.3 Å². The summed E-state index contributed by atoms with van der Waals surface area (Å²) in [6.45, 7) is 2.25. The number of fused-ring (bicyclic) bond motifs is 1. The van der Waals surface area contributed by atoms with E-state index in [9.17, 15) is 14.9 Å². The summed E-state index contributed by atoms with van der Waals surface area (Å²) in [5.41, 5.74) is 0.574. The molecule has 0 spiro atoms. The molecule has 1 aromatic carbocycles. The van der Waals surface area contributed by atoms with Crippen LogP contribution in [-0.2, 0) is 6.67 Å². The minimum atomic E-state index is -0.507. The van der Waals surface area contributed by atoms with Crippen LogP contribution in [0.15, 0.2) is 47.4 Å². The number of para-hydroxylation sites is 1. The molecule has 3 rings (SSSR count). The molecule has 2 aromatic heterocycles. The molecule has 0 aliphatic rings. The van der Waals surface area contributed by atoms with Gasteiger partial charge in [0, 0.05) is 12.1 Å². The molecular weight excluding hydrogens is 328 g/mol. The molecule has 0 radical (unpaired) electrons. The van der Waals surface area contributed by atoms with E-state index in [1.165, 1.54) is 22.9 Å². The Labute approximate surface area is 141 Å². The molecule has 7 nitrogen and oxygen atoms in total. The van der Waals surface area contributed by atoms with Crippen molar-refractivity contribution < 1.29 is 4.92 Å². The van der Waals surface area contributed by atoms with Crippen molar-refractivity contribution in [2.75, 3.05) is 7.05 Å². The van der Waals surface area contributed by atoms with Crippen molar-refractivity contribution >= 4 is 27.2 Å². The lowest BCUT2D eigenvalue weighted by molar-refractivity contribution is -0.385. The number of nitrogens with zero attached hydrogens (tertiary/aromatic N) is 4. The zero-order valence-electron chi connectivity index (χ0n) is 13.2. The van der Waals surface area contributed by atoms with Gasteiger partial charge in [0.1, 0.15) is 5.01 Å². The Morgan fingerprint density at radius 3 is 2.79 bits per heavy atom. The first-order chi connectivity index (χ1) is 11.5. The van der Waals surface area contributed by atoms with Crippen molar-refractivity contribution in [3.05, 3.63) is 68.1 Å². The zero-order valence-corrected chi connectivity index (χ0v) is 14.1. The van der Waals surface area contributed by atoms with E-state index in [0.717, 1.165) is 15.2 Å². The third-order valence-corrected chi connectivity index (χ3v) is 5.09. The van der Waals surface area contributed by atoms with Gasteiger partial charge in [-0.3, -0.25) is 24.4 Å². The monoisotopic (exact) mass is 344 g/mol. The second-order valence-corrected chi connectivity index (χ2v) is 6.61. The first-order valence-electron chi connectivity index (χ1n) is 7.36. The van der Waals surface area contributed by atoms with Crippen LogP contribution in [0.3, 0.4) is 0 Å². The lowest BCUT2D eigenvalue weighted by atomic mass is 10.3. The summed E-state index contributed by atoms with van der Waals surface area (Å²) in [6, 6.07) is 10.3. The first-order valence-corrected chi connectivity index (χ1v) is 8.18. The van der Waals surface area contributed by atoms with Gasteiger partial charge in [0.15, 0.2) is 0 Å². The predicted molar refractivity (Wildman–Crippen MR) is 93.2 cm³/mol. The van der Waals surface area contributed by atoms with Gasteiger partial charge >= 0.3 is 0 Å². The van der Waals surface area contributed by atoms with Crippen molar-refractivity contribution in [2.45, 2.75) is 19.6 Å². The van der Waals surface area contributed by atoms with Crippen LogP contribution in [0.25, 0.3) is 10.2 Å². The fraction of sp³-hybridized carbons (Fsp3) is 0.250. The highest BCUT2D eigenvalue weighted by molar-refractivity contribution is 7.18. The summed E-state index contributed by atoms with van der Waals surface area (Å²) in [5.74, 6) is 0. The number of thiazole rings is 1. The molecule has 24 heavy (non-hydrogen) atoms. The van der Waals surface area contributed by atoms with Gasteiger partial charge in [0.25, 0.3) is 11.2 Å². The number of hydrogen-bond donors (Lipinski definition) is 0. The van der Waals surface area contributed by atoms with Crippen LogP contribution in [0.2, 0.25) is 0 Å². The highest BCUT2D eigenvalue weighted by Gasteiger charge is 2.17. The maximum absolute atomic E-state index is 11.9. The quantitative estimate of drug-likeness (QED) is 0.525. The normalized spacial score (nSPS) is 12.6. The molecule has 0 N–H and O–H groups in total. The van der Waals surface area contributed by atoms with E-state index in [1.54, 1.807) is 11.3 Å². The van der Waals surface area contributed by atoms with Gasteiger partial charge in [0.05, 0.1) is 34.0 Å². The van der Waals surface area contributed by atoms with E-state index in [0.29, 0.717) is 0 Å². The van der Waals surface area contributed by atoms with E-state index in [2.05, 4.69) is 4.98 Å². The number of nitro groups is 1. The summed E-state index contributed by atoms with van der Waals surface area (Å²) in [5, 5.41) is 11.8. The Balaban J connectivity index is 1.83. The largest absolute Gasteiger partial charge is 0.295 e. The zero-order chi connectivity index (χ0) is 17.3. The van der Waals surface area contributed by atoms with Gasteiger partial charge < -0.3 is 0 Å².